The van der Waals surface area contributed by atoms with Crippen molar-refractivity contribution in [3.05, 3.63) is 52.6 Å². The molecule has 168 valence electrons. The summed E-state index contributed by atoms with van der Waals surface area (Å²) in [5.41, 5.74) is 4.83. The summed E-state index contributed by atoms with van der Waals surface area (Å²) in [6.45, 7) is 5.08. The molecule has 5 rings (SSSR count). The Morgan fingerprint density at radius 1 is 1.00 bits per heavy atom. The second kappa shape index (κ2) is 9.92. The lowest BCUT2D eigenvalue weighted by Gasteiger charge is -2.35. The van der Waals surface area contributed by atoms with Crippen LogP contribution in [0.25, 0.3) is 0 Å². The topological polar surface area (TPSA) is 57.6 Å². The third-order valence-electron chi connectivity index (χ3n) is 7.83. The van der Waals surface area contributed by atoms with Crippen LogP contribution >= 0.6 is 0 Å². The van der Waals surface area contributed by atoms with Crippen LogP contribution < -0.4 is 20.1 Å². The summed E-state index contributed by atoms with van der Waals surface area (Å²) in [5, 5.41) is 13.9. The number of hydrogen-bond acceptors (Lipinski definition) is 3. The van der Waals surface area contributed by atoms with E-state index in [1.54, 1.807) is 4.90 Å². The Labute approximate surface area is 192 Å². The molecule has 1 aromatic heterocycles. The number of piperidine rings is 1. The minimum absolute atomic E-state index is 0.784. The average molecular weight is 432 g/mol. The normalized spacial score (nSPS) is 21.6. The van der Waals surface area contributed by atoms with E-state index in [9.17, 15) is 5.26 Å². The fourth-order valence-corrected chi connectivity index (χ4v) is 6.04. The molecule has 1 aromatic carbocycles. The first-order valence-corrected chi connectivity index (χ1v) is 12.7. The number of aromatic nitrogens is 1. The number of nitriles is 1. The van der Waals surface area contributed by atoms with Gasteiger partial charge in [-0.25, -0.2) is 4.98 Å². The lowest BCUT2D eigenvalue weighted by Crippen LogP contribution is -3.15. The highest BCUT2D eigenvalue weighted by Crippen LogP contribution is 2.30. The summed E-state index contributed by atoms with van der Waals surface area (Å²) in [4.78, 5) is 7.87. The summed E-state index contributed by atoms with van der Waals surface area (Å²) in [6.07, 6.45) is 11.6. The van der Waals surface area contributed by atoms with Gasteiger partial charge in [-0.2, -0.15) is 5.26 Å². The second-order valence-corrected chi connectivity index (χ2v) is 9.85. The van der Waals surface area contributed by atoms with Crippen molar-refractivity contribution in [3.63, 3.8) is 0 Å². The van der Waals surface area contributed by atoms with Crippen LogP contribution in [0.1, 0.15) is 73.6 Å². The maximum atomic E-state index is 10.2. The van der Waals surface area contributed by atoms with Crippen molar-refractivity contribution in [3.8, 4) is 6.07 Å². The number of anilines is 2. The van der Waals surface area contributed by atoms with Gasteiger partial charge in [-0.15, -0.1) is 0 Å². The standard InChI is InChI=1S/C27H35N5/c28-18-24-23-14-17-32(22-12-6-2-7-13-22)20-25(23)26(29-19-21-10-4-1-5-11-21)30-27(24)31-15-8-3-9-16-31/h1,4-5,10-11,22H,2-3,6-9,12-17,19-20H2,(H,29,30)/p+2. The third-order valence-corrected chi connectivity index (χ3v) is 7.83. The molecule has 2 aliphatic heterocycles. The number of nitrogens with zero attached hydrogens (tertiary/aromatic N) is 2. The van der Waals surface area contributed by atoms with Gasteiger partial charge in [0.15, 0.2) is 0 Å². The molecule has 5 nitrogen and oxygen atoms in total. The first kappa shape index (κ1) is 21.3. The SMILES string of the molecule is N#Cc1c(N2CCCCC2)[nH+]c(NCc2ccccc2)c2c1CC[NH+](C1CCCCC1)C2. The monoisotopic (exact) mass is 431 g/mol. The lowest BCUT2D eigenvalue weighted by atomic mass is 9.89. The Bertz CT molecular complexity index is 952. The van der Waals surface area contributed by atoms with Gasteiger partial charge in [0.2, 0.25) is 11.6 Å². The molecule has 32 heavy (non-hydrogen) atoms. The molecule has 1 unspecified atom stereocenters. The molecule has 3 aliphatic rings. The third kappa shape index (κ3) is 4.47. The van der Waals surface area contributed by atoms with Crippen molar-refractivity contribution in [1.82, 2.24) is 0 Å². The molecule has 3 heterocycles. The predicted octanol–water partition coefficient (Wildman–Crippen LogP) is 3.25. The molecule has 0 spiro atoms. The summed E-state index contributed by atoms with van der Waals surface area (Å²) in [7, 11) is 0. The quantitative estimate of drug-likeness (QED) is 0.764. The first-order chi connectivity index (χ1) is 15.8. The van der Waals surface area contributed by atoms with Gasteiger partial charge in [0.1, 0.15) is 18.2 Å². The van der Waals surface area contributed by atoms with Gasteiger partial charge in [-0.05, 0) is 56.1 Å². The van der Waals surface area contributed by atoms with Crippen LogP contribution in [-0.2, 0) is 19.5 Å². The molecule has 2 aromatic rings. The molecular formula is C27H37N5+2. The molecule has 5 heteroatoms. The van der Waals surface area contributed by atoms with E-state index >= 15 is 0 Å². The number of nitrogens with one attached hydrogen (secondary N) is 3. The van der Waals surface area contributed by atoms with Crippen LogP contribution in [0.4, 0.5) is 11.6 Å². The number of pyridine rings is 1. The van der Waals surface area contributed by atoms with E-state index < -0.39 is 0 Å². The van der Waals surface area contributed by atoms with E-state index in [1.165, 1.54) is 68.1 Å². The molecule has 0 amide bonds. The Morgan fingerprint density at radius 3 is 2.50 bits per heavy atom. The minimum Gasteiger partial charge on any atom is -0.328 e. The van der Waals surface area contributed by atoms with Crippen LogP contribution in [0.3, 0.4) is 0 Å². The second-order valence-electron chi connectivity index (χ2n) is 9.85. The van der Waals surface area contributed by atoms with Crippen molar-refractivity contribution < 1.29 is 9.88 Å². The highest BCUT2D eigenvalue weighted by molar-refractivity contribution is 5.62. The summed E-state index contributed by atoms with van der Waals surface area (Å²) in [5.74, 6) is 2.18. The number of benzene rings is 1. The molecule has 3 N–H and O–H groups in total. The Hall–Kier alpha value is -2.58. The molecule has 2 fully saturated rings. The van der Waals surface area contributed by atoms with E-state index in [1.807, 2.05) is 0 Å². The van der Waals surface area contributed by atoms with Crippen molar-refractivity contribution in [2.45, 2.75) is 76.9 Å². The number of fused-ring (bicyclic) bond motifs is 1. The summed E-state index contributed by atoms with van der Waals surface area (Å²) >= 11 is 0. The molecular weight excluding hydrogens is 394 g/mol. The zero-order valence-electron chi connectivity index (χ0n) is 19.3. The number of aromatic amines is 1. The Balaban J connectivity index is 1.49. The van der Waals surface area contributed by atoms with Gasteiger partial charge >= 0.3 is 0 Å². The molecule has 1 saturated heterocycles. The van der Waals surface area contributed by atoms with Gasteiger partial charge in [-0.1, -0.05) is 36.8 Å². The van der Waals surface area contributed by atoms with Gasteiger partial charge in [0.05, 0.1) is 37.8 Å². The van der Waals surface area contributed by atoms with Crippen molar-refractivity contribution in [2.24, 2.45) is 0 Å². The highest BCUT2D eigenvalue weighted by atomic mass is 15.2. The molecule has 0 bridgehead atoms. The summed E-state index contributed by atoms with van der Waals surface area (Å²) in [6, 6.07) is 14.0. The Morgan fingerprint density at radius 2 is 1.75 bits per heavy atom. The van der Waals surface area contributed by atoms with Crippen LogP contribution in [0, 0.1) is 11.3 Å². The van der Waals surface area contributed by atoms with Crippen molar-refractivity contribution in [1.29, 1.82) is 5.26 Å². The number of H-pyrrole nitrogens is 1. The van der Waals surface area contributed by atoms with E-state index in [2.05, 4.69) is 51.6 Å². The fraction of sp³-hybridized carbons (Fsp3) is 0.556. The van der Waals surface area contributed by atoms with Gasteiger partial charge in [-0.3, -0.25) is 4.90 Å². The highest BCUT2D eigenvalue weighted by Gasteiger charge is 2.35. The fourth-order valence-electron chi connectivity index (χ4n) is 6.04. The molecule has 1 saturated carbocycles. The smallest absolute Gasteiger partial charge is 0.240 e. The molecule has 1 aliphatic carbocycles. The zero-order chi connectivity index (χ0) is 21.8. The number of hydrogen-bond donors (Lipinski definition) is 2. The van der Waals surface area contributed by atoms with Gasteiger partial charge in [0, 0.05) is 6.42 Å². The van der Waals surface area contributed by atoms with Crippen LogP contribution in [0.15, 0.2) is 30.3 Å². The van der Waals surface area contributed by atoms with Crippen LogP contribution in [0.2, 0.25) is 0 Å². The molecule has 1 atom stereocenters. The number of quaternary nitrogens is 1. The maximum absolute atomic E-state index is 10.2. The largest absolute Gasteiger partial charge is 0.328 e. The van der Waals surface area contributed by atoms with Crippen molar-refractivity contribution >= 4 is 11.6 Å². The molecule has 0 radical (unpaired) electrons. The van der Waals surface area contributed by atoms with E-state index in [4.69, 9.17) is 0 Å². The van der Waals surface area contributed by atoms with E-state index in [-0.39, 0.29) is 0 Å². The minimum atomic E-state index is 0.784. The summed E-state index contributed by atoms with van der Waals surface area (Å²) < 4.78 is 0. The maximum Gasteiger partial charge on any atom is 0.240 e. The van der Waals surface area contributed by atoms with Crippen LogP contribution in [0.5, 0.6) is 0 Å². The Kier molecular flexibility index (Phi) is 6.59. The van der Waals surface area contributed by atoms with Gasteiger partial charge < -0.3 is 10.2 Å². The van der Waals surface area contributed by atoms with E-state index in [0.717, 1.165) is 62.4 Å². The lowest BCUT2D eigenvalue weighted by molar-refractivity contribution is -0.942. The zero-order valence-corrected chi connectivity index (χ0v) is 19.3. The first-order valence-electron chi connectivity index (χ1n) is 12.7. The van der Waals surface area contributed by atoms with Gasteiger partial charge in [0.25, 0.3) is 0 Å². The van der Waals surface area contributed by atoms with Crippen LogP contribution in [-0.4, -0.2) is 25.7 Å². The predicted molar refractivity (Wildman–Crippen MR) is 128 cm³/mol. The van der Waals surface area contributed by atoms with Crippen molar-refractivity contribution in [2.75, 3.05) is 29.9 Å². The van der Waals surface area contributed by atoms with E-state index in [0.29, 0.717) is 0 Å². The number of rotatable bonds is 5. The average Bonchev–Trinajstić information content (AvgIpc) is 2.88.